The molecule has 2 aliphatic heterocycles. The Morgan fingerprint density at radius 1 is 0.958 bits per heavy atom. The van der Waals surface area contributed by atoms with Gasteiger partial charge in [0.05, 0.1) is 0 Å². The van der Waals surface area contributed by atoms with E-state index in [0.717, 1.165) is 29.5 Å². The van der Waals surface area contributed by atoms with Crippen molar-refractivity contribution in [3.8, 4) is 0 Å². The largest absolute Gasteiger partial charge is 0.367 e. The highest BCUT2D eigenvalue weighted by molar-refractivity contribution is 6.26. The molecule has 0 unspecified atom stereocenters. The van der Waals surface area contributed by atoms with Crippen molar-refractivity contribution in [1.82, 2.24) is 10.2 Å². The van der Waals surface area contributed by atoms with Gasteiger partial charge in [-0.2, -0.15) is 0 Å². The molecule has 122 valence electrons. The number of rotatable bonds is 1. The summed E-state index contributed by atoms with van der Waals surface area (Å²) in [7, 11) is 0. The topological polar surface area (TPSA) is 69.7 Å². The van der Waals surface area contributed by atoms with Crippen LogP contribution in [0.15, 0.2) is 30.3 Å². The number of carbonyl (C=O) groups is 3. The number of hydrogen-bond donors (Lipinski definition) is 1. The molecule has 0 atom stereocenters. The van der Waals surface area contributed by atoms with E-state index in [2.05, 4.69) is 10.2 Å². The highest BCUT2D eigenvalue weighted by Gasteiger charge is 2.27. The van der Waals surface area contributed by atoms with Gasteiger partial charge in [-0.3, -0.25) is 19.7 Å². The third-order valence-corrected chi connectivity index (χ3v) is 4.80. The molecule has 0 aromatic heterocycles. The molecular weight excluding hydrogens is 306 g/mol. The zero-order valence-electron chi connectivity index (χ0n) is 13.3. The predicted octanol–water partition coefficient (Wildman–Crippen LogP) is 1.39. The van der Waals surface area contributed by atoms with E-state index in [4.69, 9.17) is 0 Å². The third-order valence-electron chi connectivity index (χ3n) is 4.80. The smallest absolute Gasteiger partial charge is 0.258 e. The fourth-order valence-electron chi connectivity index (χ4n) is 3.55. The molecule has 24 heavy (non-hydrogen) atoms. The van der Waals surface area contributed by atoms with Crippen molar-refractivity contribution < 1.29 is 14.4 Å². The molecule has 1 fully saturated rings. The number of nitrogens with zero attached hydrogens (tertiary/aromatic N) is 2. The Morgan fingerprint density at radius 3 is 2.29 bits per heavy atom. The molecule has 0 radical (unpaired) electrons. The molecule has 3 amide bonds. The lowest BCUT2D eigenvalue weighted by atomic mass is 9.93. The average molecular weight is 323 g/mol. The van der Waals surface area contributed by atoms with Crippen LogP contribution in [-0.2, 0) is 4.79 Å². The van der Waals surface area contributed by atoms with E-state index in [1.54, 1.807) is 19.1 Å². The fraction of sp³-hybridized carbons (Fsp3) is 0.278. The van der Waals surface area contributed by atoms with Crippen molar-refractivity contribution in [2.24, 2.45) is 0 Å². The Balaban J connectivity index is 1.79. The molecular formula is C18H17N3O3. The van der Waals surface area contributed by atoms with Crippen LogP contribution < -0.4 is 10.2 Å². The van der Waals surface area contributed by atoms with E-state index in [1.807, 2.05) is 23.1 Å². The lowest BCUT2D eigenvalue weighted by molar-refractivity contribution is -0.129. The van der Waals surface area contributed by atoms with Crippen molar-refractivity contribution in [3.63, 3.8) is 0 Å². The van der Waals surface area contributed by atoms with E-state index in [9.17, 15) is 14.4 Å². The van der Waals surface area contributed by atoms with Crippen molar-refractivity contribution >= 4 is 34.2 Å². The molecule has 1 saturated heterocycles. The molecule has 2 heterocycles. The van der Waals surface area contributed by atoms with Gasteiger partial charge in [0.25, 0.3) is 11.8 Å². The molecule has 2 aromatic carbocycles. The maximum atomic E-state index is 12.1. The molecule has 0 bridgehead atoms. The Labute approximate surface area is 139 Å². The molecule has 6 nitrogen and oxygen atoms in total. The van der Waals surface area contributed by atoms with E-state index >= 15 is 0 Å². The van der Waals surface area contributed by atoms with Crippen LogP contribution in [0.3, 0.4) is 0 Å². The Kier molecular flexibility index (Phi) is 3.26. The minimum Gasteiger partial charge on any atom is -0.367 e. The Morgan fingerprint density at radius 2 is 1.62 bits per heavy atom. The zero-order chi connectivity index (χ0) is 16.8. The number of anilines is 1. The summed E-state index contributed by atoms with van der Waals surface area (Å²) in [6.45, 7) is 4.41. The van der Waals surface area contributed by atoms with E-state index in [-0.39, 0.29) is 17.7 Å². The van der Waals surface area contributed by atoms with Crippen LogP contribution in [0.1, 0.15) is 27.6 Å². The van der Waals surface area contributed by atoms with Gasteiger partial charge in [-0.1, -0.05) is 12.1 Å². The van der Waals surface area contributed by atoms with Crippen LogP contribution in [0, 0.1) is 0 Å². The molecule has 6 heteroatoms. The maximum absolute atomic E-state index is 12.1. The first-order valence-electron chi connectivity index (χ1n) is 7.98. The molecule has 1 N–H and O–H groups in total. The van der Waals surface area contributed by atoms with Gasteiger partial charge in [0, 0.05) is 60.7 Å². The summed E-state index contributed by atoms with van der Waals surface area (Å²) < 4.78 is 0. The van der Waals surface area contributed by atoms with E-state index in [1.165, 1.54) is 0 Å². The number of piperazine rings is 1. The van der Waals surface area contributed by atoms with Crippen LogP contribution in [0.4, 0.5) is 5.69 Å². The SMILES string of the molecule is CC(=O)N1CCN(c2ccc3c4c(cccc24)C(=O)NC3=O)CC1. The first-order chi connectivity index (χ1) is 11.6. The first kappa shape index (κ1) is 14.7. The monoisotopic (exact) mass is 323 g/mol. The highest BCUT2D eigenvalue weighted by Crippen LogP contribution is 2.34. The summed E-state index contributed by atoms with van der Waals surface area (Å²) in [5, 5.41) is 4.00. The van der Waals surface area contributed by atoms with Gasteiger partial charge in [-0.15, -0.1) is 0 Å². The number of hydrogen-bond acceptors (Lipinski definition) is 4. The second kappa shape index (κ2) is 5.33. The van der Waals surface area contributed by atoms with Crippen LogP contribution in [0.2, 0.25) is 0 Å². The number of nitrogens with one attached hydrogen (secondary N) is 1. The second-order valence-corrected chi connectivity index (χ2v) is 6.14. The van der Waals surface area contributed by atoms with Crippen molar-refractivity contribution in [2.75, 3.05) is 31.1 Å². The number of imide groups is 1. The predicted molar refractivity (Wildman–Crippen MR) is 90.2 cm³/mol. The van der Waals surface area contributed by atoms with Gasteiger partial charge in [0.2, 0.25) is 5.91 Å². The number of amides is 3. The zero-order valence-corrected chi connectivity index (χ0v) is 13.3. The fourth-order valence-corrected chi connectivity index (χ4v) is 3.55. The molecule has 0 saturated carbocycles. The van der Waals surface area contributed by atoms with Gasteiger partial charge >= 0.3 is 0 Å². The van der Waals surface area contributed by atoms with Crippen molar-refractivity contribution in [1.29, 1.82) is 0 Å². The normalized spacial score (nSPS) is 17.2. The highest BCUT2D eigenvalue weighted by atomic mass is 16.2. The first-order valence-corrected chi connectivity index (χ1v) is 7.98. The van der Waals surface area contributed by atoms with Crippen LogP contribution in [0.5, 0.6) is 0 Å². The number of carbonyl (C=O) groups excluding carboxylic acids is 3. The van der Waals surface area contributed by atoms with E-state index in [0.29, 0.717) is 24.2 Å². The van der Waals surface area contributed by atoms with Crippen LogP contribution in [-0.4, -0.2) is 48.8 Å². The van der Waals surface area contributed by atoms with Gasteiger partial charge in [0.1, 0.15) is 0 Å². The number of benzene rings is 2. The standard InChI is InChI=1S/C18H17N3O3/c1-11(22)20-7-9-21(10-8-20)15-6-5-14-16-12(15)3-2-4-13(16)17(23)19-18(14)24/h2-6H,7-10H2,1H3,(H,19,23,24). The molecule has 4 rings (SSSR count). The van der Waals surface area contributed by atoms with Gasteiger partial charge in [-0.05, 0) is 18.2 Å². The third kappa shape index (κ3) is 2.14. The minimum absolute atomic E-state index is 0.0915. The van der Waals surface area contributed by atoms with Gasteiger partial charge in [0.15, 0.2) is 0 Å². The van der Waals surface area contributed by atoms with Crippen LogP contribution >= 0.6 is 0 Å². The molecule has 2 aromatic rings. The average Bonchev–Trinajstić information content (AvgIpc) is 2.59. The summed E-state index contributed by atoms with van der Waals surface area (Å²) in [6, 6.07) is 9.23. The second-order valence-electron chi connectivity index (χ2n) is 6.14. The summed E-state index contributed by atoms with van der Waals surface area (Å²) >= 11 is 0. The lowest BCUT2D eigenvalue weighted by Crippen LogP contribution is -2.48. The van der Waals surface area contributed by atoms with Crippen LogP contribution in [0.25, 0.3) is 10.8 Å². The molecule has 0 spiro atoms. The Bertz CT molecular complexity index is 862. The van der Waals surface area contributed by atoms with E-state index < -0.39 is 0 Å². The lowest BCUT2D eigenvalue weighted by Gasteiger charge is -2.36. The Hall–Kier alpha value is -2.89. The van der Waals surface area contributed by atoms with Gasteiger partial charge < -0.3 is 9.80 Å². The maximum Gasteiger partial charge on any atom is 0.258 e. The molecule has 2 aliphatic rings. The quantitative estimate of drug-likeness (QED) is 0.805. The summed E-state index contributed by atoms with van der Waals surface area (Å²) in [5.41, 5.74) is 2.07. The minimum atomic E-state index is -0.350. The van der Waals surface area contributed by atoms with Crippen molar-refractivity contribution in [2.45, 2.75) is 6.92 Å². The van der Waals surface area contributed by atoms with Crippen molar-refractivity contribution in [3.05, 3.63) is 41.5 Å². The van der Waals surface area contributed by atoms with Gasteiger partial charge in [-0.25, -0.2) is 0 Å². The summed E-state index contributed by atoms with van der Waals surface area (Å²) in [4.78, 5) is 39.7. The summed E-state index contributed by atoms with van der Waals surface area (Å²) in [5.74, 6) is -0.609. The molecule has 0 aliphatic carbocycles. The summed E-state index contributed by atoms with van der Waals surface area (Å²) in [6.07, 6.45) is 0.